The SMILES string of the molecule is Cc1cc(F)ccc1CCNCCCCO. The minimum absolute atomic E-state index is 0.169. The highest BCUT2D eigenvalue weighted by Gasteiger charge is 1.99. The molecule has 16 heavy (non-hydrogen) atoms. The Morgan fingerprint density at radius 2 is 2.06 bits per heavy atom. The van der Waals surface area contributed by atoms with E-state index in [2.05, 4.69) is 5.32 Å². The maximum absolute atomic E-state index is 12.8. The molecule has 0 atom stereocenters. The largest absolute Gasteiger partial charge is 0.396 e. The Morgan fingerprint density at radius 3 is 2.75 bits per heavy atom. The van der Waals surface area contributed by atoms with Crippen LogP contribution in [0.25, 0.3) is 0 Å². The van der Waals surface area contributed by atoms with E-state index in [9.17, 15) is 4.39 Å². The van der Waals surface area contributed by atoms with Crippen LogP contribution in [0.15, 0.2) is 18.2 Å². The summed E-state index contributed by atoms with van der Waals surface area (Å²) in [5, 5.41) is 11.9. The molecule has 0 aliphatic heterocycles. The number of aliphatic hydroxyl groups excluding tert-OH is 1. The summed E-state index contributed by atoms with van der Waals surface area (Å²) in [4.78, 5) is 0. The van der Waals surface area contributed by atoms with Gasteiger partial charge in [0.15, 0.2) is 0 Å². The predicted molar refractivity (Wildman–Crippen MR) is 64.0 cm³/mol. The van der Waals surface area contributed by atoms with Gasteiger partial charge >= 0.3 is 0 Å². The van der Waals surface area contributed by atoms with E-state index in [1.54, 1.807) is 6.07 Å². The van der Waals surface area contributed by atoms with Crippen molar-refractivity contribution in [1.29, 1.82) is 0 Å². The average molecular weight is 225 g/mol. The number of benzene rings is 1. The first-order chi connectivity index (χ1) is 7.74. The van der Waals surface area contributed by atoms with Gasteiger partial charge in [0, 0.05) is 6.61 Å². The first-order valence-electron chi connectivity index (χ1n) is 5.80. The molecule has 1 aromatic rings. The summed E-state index contributed by atoms with van der Waals surface area (Å²) in [6.07, 6.45) is 2.77. The molecular weight excluding hydrogens is 205 g/mol. The van der Waals surface area contributed by atoms with Crippen molar-refractivity contribution in [1.82, 2.24) is 5.32 Å². The first kappa shape index (κ1) is 13.1. The monoisotopic (exact) mass is 225 g/mol. The van der Waals surface area contributed by atoms with Crippen molar-refractivity contribution in [3.05, 3.63) is 35.1 Å². The molecule has 0 aliphatic rings. The van der Waals surface area contributed by atoms with Crippen LogP contribution in [-0.2, 0) is 6.42 Å². The lowest BCUT2D eigenvalue weighted by atomic mass is 10.1. The Hall–Kier alpha value is -0.930. The highest BCUT2D eigenvalue weighted by atomic mass is 19.1. The molecule has 0 radical (unpaired) electrons. The summed E-state index contributed by atoms with van der Waals surface area (Å²) in [5.74, 6) is -0.169. The van der Waals surface area contributed by atoms with Crippen molar-refractivity contribution in [2.75, 3.05) is 19.7 Å². The van der Waals surface area contributed by atoms with Crippen molar-refractivity contribution in [3.63, 3.8) is 0 Å². The third-order valence-corrected chi connectivity index (χ3v) is 2.64. The van der Waals surface area contributed by atoms with E-state index >= 15 is 0 Å². The molecule has 1 rings (SSSR count). The Bertz CT molecular complexity index is 315. The summed E-state index contributed by atoms with van der Waals surface area (Å²) in [6.45, 7) is 4.03. The zero-order chi connectivity index (χ0) is 11.8. The number of unbranched alkanes of at least 4 members (excludes halogenated alkanes) is 1. The van der Waals surface area contributed by atoms with Gasteiger partial charge in [0.05, 0.1) is 0 Å². The van der Waals surface area contributed by atoms with Crippen LogP contribution in [-0.4, -0.2) is 24.8 Å². The van der Waals surface area contributed by atoms with Crippen LogP contribution in [0.5, 0.6) is 0 Å². The predicted octanol–water partition coefficient (Wildman–Crippen LogP) is 2.04. The molecule has 2 nitrogen and oxygen atoms in total. The van der Waals surface area contributed by atoms with Crippen molar-refractivity contribution in [3.8, 4) is 0 Å². The fourth-order valence-corrected chi connectivity index (χ4v) is 1.65. The van der Waals surface area contributed by atoms with E-state index in [1.165, 1.54) is 11.6 Å². The molecule has 0 fully saturated rings. The lowest BCUT2D eigenvalue weighted by Gasteiger charge is -2.07. The van der Waals surface area contributed by atoms with Crippen LogP contribution in [0.3, 0.4) is 0 Å². The van der Waals surface area contributed by atoms with E-state index in [1.807, 2.05) is 13.0 Å². The Morgan fingerprint density at radius 1 is 1.25 bits per heavy atom. The number of halogens is 1. The highest BCUT2D eigenvalue weighted by Crippen LogP contribution is 2.10. The zero-order valence-corrected chi connectivity index (χ0v) is 9.80. The van der Waals surface area contributed by atoms with Crippen LogP contribution in [0.1, 0.15) is 24.0 Å². The third kappa shape index (κ3) is 4.73. The average Bonchev–Trinajstić information content (AvgIpc) is 2.26. The van der Waals surface area contributed by atoms with E-state index in [-0.39, 0.29) is 12.4 Å². The van der Waals surface area contributed by atoms with E-state index in [4.69, 9.17) is 5.11 Å². The van der Waals surface area contributed by atoms with Gasteiger partial charge in [-0.1, -0.05) is 6.07 Å². The fraction of sp³-hybridized carbons (Fsp3) is 0.538. The van der Waals surface area contributed by atoms with Gasteiger partial charge in [-0.3, -0.25) is 0 Å². The first-order valence-corrected chi connectivity index (χ1v) is 5.80. The number of hydrogen-bond acceptors (Lipinski definition) is 2. The van der Waals surface area contributed by atoms with Crippen LogP contribution in [0.4, 0.5) is 4.39 Å². The molecule has 0 bridgehead atoms. The lowest BCUT2D eigenvalue weighted by molar-refractivity contribution is 0.284. The second-order valence-corrected chi connectivity index (χ2v) is 4.00. The van der Waals surface area contributed by atoms with Gasteiger partial charge in [-0.25, -0.2) is 4.39 Å². The number of rotatable bonds is 7. The number of hydrogen-bond donors (Lipinski definition) is 2. The molecule has 0 unspecified atom stereocenters. The molecule has 0 heterocycles. The van der Waals surface area contributed by atoms with Gasteiger partial charge in [-0.15, -0.1) is 0 Å². The van der Waals surface area contributed by atoms with Crippen LogP contribution < -0.4 is 5.32 Å². The van der Waals surface area contributed by atoms with Gasteiger partial charge in [0.25, 0.3) is 0 Å². The zero-order valence-electron chi connectivity index (χ0n) is 9.80. The van der Waals surface area contributed by atoms with Crippen molar-refractivity contribution in [2.24, 2.45) is 0 Å². The number of aryl methyl sites for hydroxylation is 1. The lowest BCUT2D eigenvalue weighted by Crippen LogP contribution is -2.19. The Balaban J connectivity index is 2.21. The summed E-state index contributed by atoms with van der Waals surface area (Å²) < 4.78 is 12.8. The normalized spacial score (nSPS) is 10.7. The Kier molecular flexibility index (Phi) is 6.04. The Labute approximate surface area is 96.5 Å². The molecule has 2 N–H and O–H groups in total. The van der Waals surface area contributed by atoms with Crippen molar-refractivity contribution in [2.45, 2.75) is 26.2 Å². The summed E-state index contributed by atoms with van der Waals surface area (Å²) >= 11 is 0. The summed E-state index contributed by atoms with van der Waals surface area (Å²) in [6, 6.07) is 4.93. The van der Waals surface area contributed by atoms with Crippen LogP contribution >= 0.6 is 0 Å². The molecule has 0 amide bonds. The van der Waals surface area contributed by atoms with Gasteiger partial charge in [0.1, 0.15) is 5.82 Å². The molecule has 0 spiro atoms. The highest BCUT2D eigenvalue weighted by molar-refractivity contribution is 5.26. The summed E-state index contributed by atoms with van der Waals surface area (Å²) in [5.41, 5.74) is 2.20. The van der Waals surface area contributed by atoms with Gasteiger partial charge in [-0.2, -0.15) is 0 Å². The quantitative estimate of drug-likeness (QED) is 0.696. The van der Waals surface area contributed by atoms with E-state index in [0.717, 1.165) is 37.9 Å². The topological polar surface area (TPSA) is 32.3 Å². The van der Waals surface area contributed by atoms with Crippen molar-refractivity contribution >= 4 is 0 Å². The van der Waals surface area contributed by atoms with Gasteiger partial charge < -0.3 is 10.4 Å². The molecule has 0 saturated heterocycles. The third-order valence-electron chi connectivity index (χ3n) is 2.64. The molecular formula is C13H20FNO. The maximum atomic E-state index is 12.8. The van der Waals surface area contributed by atoms with E-state index in [0.29, 0.717) is 0 Å². The molecule has 90 valence electrons. The fourth-order valence-electron chi connectivity index (χ4n) is 1.65. The number of nitrogens with one attached hydrogen (secondary N) is 1. The van der Waals surface area contributed by atoms with Gasteiger partial charge in [0.2, 0.25) is 0 Å². The minimum Gasteiger partial charge on any atom is -0.396 e. The van der Waals surface area contributed by atoms with Crippen molar-refractivity contribution < 1.29 is 9.50 Å². The number of aliphatic hydroxyl groups is 1. The minimum atomic E-state index is -0.169. The van der Waals surface area contributed by atoms with Gasteiger partial charge in [-0.05, 0) is 62.5 Å². The molecule has 3 heteroatoms. The summed E-state index contributed by atoms with van der Waals surface area (Å²) in [7, 11) is 0. The molecule has 0 saturated carbocycles. The molecule has 0 aromatic heterocycles. The standard InChI is InChI=1S/C13H20FNO/c1-11-10-13(14)5-4-12(11)6-8-15-7-2-3-9-16/h4-5,10,15-16H,2-3,6-9H2,1H3. The maximum Gasteiger partial charge on any atom is 0.123 e. The van der Waals surface area contributed by atoms with E-state index < -0.39 is 0 Å². The smallest absolute Gasteiger partial charge is 0.123 e. The van der Waals surface area contributed by atoms with Crippen LogP contribution in [0, 0.1) is 12.7 Å². The molecule has 1 aromatic carbocycles. The second kappa shape index (κ2) is 7.36. The molecule has 0 aliphatic carbocycles. The second-order valence-electron chi connectivity index (χ2n) is 4.00. The van der Waals surface area contributed by atoms with Crippen LogP contribution in [0.2, 0.25) is 0 Å².